The highest BCUT2D eigenvalue weighted by Crippen LogP contribution is 2.23. The van der Waals surface area contributed by atoms with Crippen LogP contribution in [0.1, 0.15) is 10.4 Å². The van der Waals surface area contributed by atoms with Gasteiger partial charge in [0.15, 0.2) is 6.29 Å². The maximum atomic E-state index is 10.6. The molecule has 0 aromatic heterocycles. The van der Waals surface area contributed by atoms with Crippen LogP contribution in [0.5, 0.6) is 5.75 Å². The predicted molar refractivity (Wildman–Crippen MR) is 62.3 cm³/mol. The fourth-order valence-electron chi connectivity index (χ4n) is 1.98. The SMILES string of the molecule is C[NH+]1CCN(c2ccc(C=O)c(O)c2)CC1. The summed E-state index contributed by atoms with van der Waals surface area (Å²) in [5.41, 5.74) is 1.35. The molecule has 0 unspecified atom stereocenters. The van der Waals surface area contributed by atoms with Crippen molar-refractivity contribution in [3.8, 4) is 5.75 Å². The van der Waals surface area contributed by atoms with Gasteiger partial charge in [-0.3, -0.25) is 4.79 Å². The molecule has 0 spiro atoms. The normalized spacial score (nSPS) is 17.4. The number of carbonyl (C=O) groups is 1. The predicted octanol–water partition coefficient (Wildman–Crippen LogP) is -0.461. The van der Waals surface area contributed by atoms with E-state index in [1.165, 1.54) is 4.90 Å². The molecule has 2 N–H and O–H groups in total. The van der Waals surface area contributed by atoms with Crippen molar-refractivity contribution in [2.45, 2.75) is 0 Å². The lowest BCUT2D eigenvalue weighted by molar-refractivity contribution is -0.880. The molecule has 0 atom stereocenters. The van der Waals surface area contributed by atoms with Gasteiger partial charge in [-0.2, -0.15) is 0 Å². The first kappa shape index (κ1) is 11.0. The third-order valence-corrected chi connectivity index (χ3v) is 3.12. The second-order valence-electron chi connectivity index (χ2n) is 4.31. The van der Waals surface area contributed by atoms with Gasteiger partial charge in [0, 0.05) is 11.8 Å². The fourth-order valence-corrected chi connectivity index (χ4v) is 1.98. The van der Waals surface area contributed by atoms with Gasteiger partial charge in [0.2, 0.25) is 0 Å². The zero-order valence-corrected chi connectivity index (χ0v) is 9.44. The summed E-state index contributed by atoms with van der Waals surface area (Å²) in [6, 6.07) is 5.23. The number of phenolic OH excluding ortho intramolecular Hbond substituents is 1. The number of piperazine rings is 1. The van der Waals surface area contributed by atoms with Gasteiger partial charge in [0.05, 0.1) is 38.8 Å². The van der Waals surface area contributed by atoms with E-state index in [4.69, 9.17) is 0 Å². The van der Waals surface area contributed by atoms with Crippen LogP contribution in [0.3, 0.4) is 0 Å². The Bertz CT molecular complexity index is 385. The Balaban J connectivity index is 2.15. The molecule has 86 valence electrons. The highest BCUT2D eigenvalue weighted by molar-refractivity contribution is 5.80. The third-order valence-electron chi connectivity index (χ3n) is 3.12. The molecule has 1 heterocycles. The van der Waals surface area contributed by atoms with Crippen molar-refractivity contribution in [3.63, 3.8) is 0 Å². The Hall–Kier alpha value is -1.55. The molecule has 4 heteroatoms. The van der Waals surface area contributed by atoms with Gasteiger partial charge in [-0.25, -0.2) is 0 Å². The van der Waals surface area contributed by atoms with Crippen molar-refractivity contribution in [2.75, 3.05) is 38.1 Å². The van der Waals surface area contributed by atoms with Crippen LogP contribution in [0.2, 0.25) is 0 Å². The number of phenols is 1. The molecule has 1 fully saturated rings. The average Bonchev–Trinajstić information content (AvgIpc) is 2.30. The minimum Gasteiger partial charge on any atom is -0.507 e. The number of rotatable bonds is 2. The molecular formula is C12H17N2O2+. The maximum Gasteiger partial charge on any atom is 0.153 e. The van der Waals surface area contributed by atoms with Crippen LogP contribution in [-0.2, 0) is 0 Å². The van der Waals surface area contributed by atoms with Crippen molar-refractivity contribution in [3.05, 3.63) is 23.8 Å². The average molecular weight is 221 g/mol. The lowest BCUT2D eigenvalue weighted by atomic mass is 10.1. The summed E-state index contributed by atoms with van der Waals surface area (Å²) in [6.45, 7) is 4.20. The van der Waals surface area contributed by atoms with E-state index in [1.807, 2.05) is 6.07 Å². The Morgan fingerprint density at radius 2 is 2.06 bits per heavy atom. The highest BCUT2D eigenvalue weighted by atomic mass is 16.3. The Morgan fingerprint density at radius 1 is 1.38 bits per heavy atom. The second-order valence-corrected chi connectivity index (χ2v) is 4.31. The van der Waals surface area contributed by atoms with E-state index in [-0.39, 0.29) is 5.75 Å². The molecule has 0 amide bonds. The molecule has 1 aromatic rings. The van der Waals surface area contributed by atoms with E-state index < -0.39 is 0 Å². The van der Waals surface area contributed by atoms with E-state index in [1.54, 1.807) is 12.1 Å². The summed E-state index contributed by atoms with van der Waals surface area (Å²) in [4.78, 5) is 14.4. The van der Waals surface area contributed by atoms with Crippen LogP contribution in [0, 0.1) is 0 Å². The standard InChI is InChI=1S/C12H16N2O2/c1-13-4-6-14(7-5-13)11-3-2-10(9-15)12(16)8-11/h2-3,8-9,16H,4-7H2,1H3/p+1. The van der Waals surface area contributed by atoms with Gasteiger partial charge in [-0.05, 0) is 12.1 Å². The van der Waals surface area contributed by atoms with Crippen molar-refractivity contribution in [1.82, 2.24) is 0 Å². The van der Waals surface area contributed by atoms with E-state index in [9.17, 15) is 9.90 Å². The van der Waals surface area contributed by atoms with Crippen molar-refractivity contribution >= 4 is 12.0 Å². The highest BCUT2D eigenvalue weighted by Gasteiger charge is 2.17. The molecule has 16 heavy (non-hydrogen) atoms. The summed E-state index contributed by atoms with van der Waals surface area (Å²) in [6.07, 6.45) is 0.674. The lowest BCUT2D eigenvalue weighted by Crippen LogP contribution is -3.12. The summed E-state index contributed by atoms with van der Waals surface area (Å²) < 4.78 is 0. The molecule has 0 bridgehead atoms. The van der Waals surface area contributed by atoms with Crippen LogP contribution >= 0.6 is 0 Å². The van der Waals surface area contributed by atoms with Crippen LogP contribution in [0.25, 0.3) is 0 Å². The largest absolute Gasteiger partial charge is 0.507 e. The number of quaternary nitrogens is 1. The molecule has 0 aliphatic carbocycles. The van der Waals surface area contributed by atoms with Gasteiger partial charge in [-0.1, -0.05) is 0 Å². The maximum absolute atomic E-state index is 10.6. The number of nitrogens with zero attached hydrogens (tertiary/aromatic N) is 1. The number of benzene rings is 1. The summed E-state index contributed by atoms with van der Waals surface area (Å²) in [7, 11) is 2.18. The number of aromatic hydroxyl groups is 1. The van der Waals surface area contributed by atoms with E-state index in [2.05, 4.69) is 11.9 Å². The Labute approximate surface area is 95.1 Å². The summed E-state index contributed by atoms with van der Waals surface area (Å²) in [5.74, 6) is 0.0683. The molecule has 1 aromatic carbocycles. The van der Waals surface area contributed by atoms with Crippen molar-refractivity contribution in [2.24, 2.45) is 0 Å². The molecular weight excluding hydrogens is 204 g/mol. The number of aldehydes is 1. The number of nitrogens with one attached hydrogen (secondary N) is 1. The Kier molecular flexibility index (Phi) is 3.10. The van der Waals surface area contributed by atoms with Gasteiger partial charge in [0.1, 0.15) is 5.75 Å². The van der Waals surface area contributed by atoms with Gasteiger partial charge in [-0.15, -0.1) is 0 Å². The van der Waals surface area contributed by atoms with Crippen LogP contribution in [-0.4, -0.2) is 44.6 Å². The number of likely N-dealkylation sites (N-methyl/N-ethyl adjacent to an activating group) is 1. The summed E-state index contributed by atoms with van der Waals surface area (Å²) >= 11 is 0. The Morgan fingerprint density at radius 3 is 2.62 bits per heavy atom. The fraction of sp³-hybridized carbons (Fsp3) is 0.417. The van der Waals surface area contributed by atoms with Crippen LogP contribution < -0.4 is 9.80 Å². The summed E-state index contributed by atoms with van der Waals surface area (Å²) in [5, 5.41) is 9.61. The number of anilines is 1. The molecule has 1 saturated heterocycles. The third kappa shape index (κ3) is 2.17. The molecule has 1 aliphatic heterocycles. The van der Waals surface area contributed by atoms with Gasteiger partial charge in [0.25, 0.3) is 0 Å². The van der Waals surface area contributed by atoms with Crippen LogP contribution in [0.4, 0.5) is 5.69 Å². The lowest BCUT2D eigenvalue weighted by Gasteiger charge is -2.31. The topological polar surface area (TPSA) is 45.0 Å². The van der Waals surface area contributed by atoms with E-state index >= 15 is 0 Å². The first-order chi connectivity index (χ1) is 7.70. The monoisotopic (exact) mass is 221 g/mol. The van der Waals surface area contributed by atoms with Gasteiger partial charge >= 0.3 is 0 Å². The number of carbonyl (C=O) groups excluding carboxylic acids is 1. The smallest absolute Gasteiger partial charge is 0.153 e. The molecule has 1 aliphatic rings. The zero-order chi connectivity index (χ0) is 11.5. The zero-order valence-electron chi connectivity index (χ0n) is 9.44. The first-order valence-electron chi connectivity index (χ1n) is 5.55. The second kappa shape index (κ2) is 4.53. The minimum atomic E-state index is 0.0683. The molecule has 0 saturated carbocycles. The molecule has 4 nitrogen and oxygen atoms in total. The number of hydrogen-bond donors (Lipinski definition) is 2. The minimum absolute atomic E-state index is 0.0683. The van der Waals surface area contributed by atoms with E-state index in [0.29, 0.717) is 11.8 Å². The van der Waals surface area contributed by atoms with Gasteiger partial charge < -0.3 is 14.9 Å². The first-order valence-corrected chi connectivity index (χ1v) is 5.55. The molecule has 2 rings (SSSR count). The van der Waals surface area contributed by atoms with E-state index in [0.717, 1.165) is 31.9 Å². The number of hydrogen-bond acceptors (Lipinski definition) is 3. The molecule has 0 radical (unpaired) electrons. The van der Waals surface area contributed by atoms with Crippen molar-refractivity contribution < 1.29 is 14.8 Å². The quantitative estimate of drug-likeness (QED) is 0.664. The van der Waals surface area contributed by atoms with Crippen molar-refractivity contribution in [1.29, 1.82) is 0 Å². The van der Waals surface area contributed by atoms with Crippen LogP contribution in [0.15, 0.2) is 18.2 Å².